The predicted molar refractivity (Wildman–Crippen MR) is 55.1 cm³/mol. The minimum absolute atomic E-state index is 0. The molecule has 4 heteroatoms. The van der Waals surface area contributed by atoms with Crippen LogP contribution in [0.3, 0.4) is 0 Å². The quantitative estimate of drug-likeness (QED) is 0.729. The van der Waals surface area contributed by atoms with E-state index in [-0.39, 0.29) is 18.4 Å². The van der Waals surface area contributed by atoms with E-state index in [1.807, 2.05) is 6.92 Å². The van der Waals surface area contributed by atoms with E-state index in [1.165, 1.54) is 0 Å². The van der Waals surface area contributed by atoms with Crippen molar-refractivity contribution in [1.82, 2.24) is 0 Å². The fourth-order valence-corrected chi connectivity index (χ4v) is 1.76. The molecule has 1 aliphatic rings. The Balaban J connectivity index is 0.00000144. The van der Waals surface area contributed by atoms with Crippen LogP contribution < -0.4 is 5.73 Å². The summed E-state index contributed by atoms with van der Waals surface area (Å²) in [6, 6.07) is -0.208. The summed E-state index contributed by atoms with van der Waals surface area (Å²) in [5, 5.41) is 9.98. The molecule has 3 N–H and O–H groups in total. The van der Waals surface area contributed by atoms with Crippen molar-refractivity contribution in [3.63, 3.8) is 0 Å². The molecule has 1 atom stereocenters. The zero-order valence-corrected chi connectivity index (χ0v) is 8.98. The summed E-state index contributed by atoms with van der Waals surface area (Å²) < 4.78 is 5.19. The number of rotatable bonds is 4. The lowest BCUT2D eigenvalue weighted by atomic mass is 9.94. The predicted octanol–water partition coefficient (Wildman–Crippen LogP) is 1.08. The molecular weight excluding hydrogens is 190 g/mol. The smallest absolute Gasteiger partial charge is 0.0820 e. The molecule has 0 heterocycles. The van der Waals surface area contributed by atoms with Crippen molar-refractivity contribution in [1.29, 1.82) is 0 Å². The average Bonchev–Trinajstić information content (AvgIpc) is 2.49. The second kappa shape index (κ2) is 5.81. The van der Waals surface area contributed by atoms with Crippen LogP contribution in [-0.4, -0.2) is 30.0 Å². The second-order valence-corrected chi connectivity index (χ2v) is 3.58. The molecule has 1 saturated carbocycles. The van der Waals surface area contributed by atoms with Gasteiger partial charge in [0.1, 0.15) is 0 Å². The summed E-state index contributed by atoms with van der Waals surface area (Å²) in [5.74, 6) is 0. The van der Waals surface area contributed by atoms with E-state index in [0.717, 1.165) is 25.7 Å². The molecule has 3 nitrogen and oxygen atoms in total. The molecule has 1 unspecified atom stereocenters. The second-order valence-electron chi connectivity index (χ2n) is 3.58. The first-order valence-corrected chi connectivity index (χ1v) is 4.75. The summed E-state index contributed by atoms with van der Waals surface area (Å²) in [6.07, 6.45) is 3.86. The normalized spacial score (nSPS) is 22.4. The number of ether oxygens (including phenoxy) is 1. The van der Waals surface area contributed by atoms with Crippen LogP contribution in [0.15, 0.2) is 0 Å². The molecule has 1 fully saturated rings. The van der Waals surface area contributed by atoms with Gasteiger partial charge in [0.05, 0.1) is 18.2 Å². The fourth-order valence-electron chi connectivity index (χ4n) is 1.76. The molecule has 0 spiro atoms. The Bertz CT molecular complexity index is 138. The minimum Gasteiger partial charge on any atom is -0.388 e. The third-order valence-electron chi connectivity index (χ3n) is 2.66. The van der Waals surface area contributed by atoms with Gasteiger partial charge in [0.25, 0.3) is 0 Å². The molecule has 1 aliphatic carbocycles. The molecular formula is C9H20ClNO2. The SMILES string of the molecule is CCOCC(N)C1(O)CCCC1.Cl. The molecule has 80 valence electrons. The van der Waals surface area contributed by atoms with Gasteiger partial charge in [-0.1, -0.05) is 12.8 Å². The molecule has 0 aromatic heterocycles. The summed E-state index contributed by atoms with van der Waals surface area (Å²) in [5.41, 5.74) is 5.18. The summed E-state index contributed by atoms with van der Waals surface area (Å²) in [6.45, 7) is 3.09. The Morgan fingerprint density at radius 3 is 2.46 bits per heavy atom. The zero-order valence-electron chi connectivity index (χ0n) is 8.16. The lowest BCUT2D eigenvalue weighted by Crippen LogP contribution is -2.48. The minimum atomic E-state index is -0.644. The van der Waals surface area contributed by atoms with Crippen LogP contribution in [-0.2, 0) is 4.74 Å². The highest BCUT2D eigenvalue weighted by molar-refractivity contribution is 5.85. The molecule has 0 aliphatic heterocycles. The molecule has 0 aromatic carbocycles. The Morgan fingerprint density at radius 2 is 2.00 bits per heavy atom. The molecule has 0 bridgehead atoms. The van der Waals surface area contributed by atoms with Gasteiger partial charge in [-0.05, 0) is 19.8 Å². The van der Waals surface area contributed by atoms with E-state index in [9.17, 15) is 5.11 Å². The fraction of sp³-hybridized carbons (Fsp3) is 1.00. The van der Waals surface area contributed by atoms with Gasteiger partial charge in [-0.25, -0.2) is 0 Å². The van der Waals surface area contributed by atoms with E-state index in [2.05, 4.69) is 0 Å². The Hall–Kier alpha value is 0.170. The largest absolute Gasteiger partial charge is 0.388 e. The summed E-state index contributed by atoms with van der Waals surface area (Å²) >= 11 is 0. The number of halogens is 1. The monoisotopic (exact) mass is 209 g/mol. The molecule has 13 heavy (non-hydrogen) atoms. The highest BCUT2D eigenvalue weighted by Gasteiger charge is 2.37. The maximum Gasteiger partial charge on any atom is 0.0820 e. The van der Waals surface area contributed by atoms with Crippen molar-refractivity contribution in [3.05, 3.63) is 0 Å². The number of hydrogen-bond acceptors (Lipinski definition) is 3. The zero-order chi connectivity index (χ0) is 9.03. The average molecular weight is 210 g/mol. The number of nitrogens with two attached hydrogens (primary N) is 1. The van der Waals surface area contributed by atoms with E-state index >= 15 is 0 Å². The van der Waals surface area contributed by atoms with Crippen LogP contribution in [0.1, 0.15) is 32.6 Å². The van der Waals surface area contributed by atoms with Gasteiger partial charge in [-0.15, -0.1) is 12.4 Å². The first-order chi connectivity index (χ1) is 5.69. The third-order valence-corrected chi connectivity index (χ3v) is 2.66. The van der Waals surface area contributed by atoms with Gasteiger partial charge in [0.2, 0.25) is 0 Å². The van der Waals surface area contributed by atoms with Crippen LogP contribution in [0.5, 0.6) is 0 Å². The Morgan fingerprint density at radius 1 is 1.46 bits per heavy atom. The van der Waals surface area contributed by atoms with E-state index in [1.54, 1.807) is 0 Å². The van der Waals surface area contributed by atoms with Crippen LogP contribution in [0, 0.1) is 0 Å². The van der Waals surface area contributed by atoms with Crippen LogP contribution in [0.4, 0.5) is 0 Å². The summed E-state index contributed by atoms with van der Waals surface area (Å²) in [4.78, 5) is 0. The van der Waals surface area contributed by atoms with Crippen molar-refractivity contribution < 1.29 is 9.84 Å². The van der Waals surface area contributed by atoms with Gasteiger partial charge < -0.3 is 15.6 Å². The standard InChI is InChI=1S/C9H19NO2.ClH/c1-2-12-7-8(10)9(11)5-3-4-6-9;/h8,11H,2-7,10H2,1H3;1H. The highest BCUT2D eigenvalue weighted by Crippen LogP contribution is 2.31. The van der Waals surface area contributed by atoms with Crippen molar-refractivity contribution in [2.45, 2.75) is 44.2 Å². The molecule has 0 amide bonds. The maximum absolute atomic E-state index is 9.98. The van der Waals surface area contributed by atoms with Crippen molar-refractivity contribution in [2.75, 3.05) is 13.2 Å². The first kappa shape index (κ1) is 13.2. The van der Waals surface area contributed by atoms with E-state index in [4.69, 9.17) is 10.5 Å². The van der Waals surface area contributed by atoms with E-state index in [0.29, 0.717) is 13.2 Å². The van der Waals surface area contributed by atoms with Gasteiger partial charge in [0.15, 0.2) is 0 Å². The first-order valence-electron chi connectivity index (χ1n) is 4.75. The van der Waals surface area contributed by atoms with Crippen molar-refractivity contribution in [3.8, 4) is 0 Å². The van der Waals surface area contributed by atoms with Crippen molar-refractivity contribution in [2.24, 2.45) is 5.73 Å². The van der Waals surface area contributed by atoms with Gasteiger partial charge in [-0.3, -0.25) is 0 Å². The summed E-state index contributed by atoms with van der Waals surface area (Å²) in [7, 11) is 0. The molecule has 0 radical (unpaired) electrons. The van der Waals surface area contributed by atoms with Gasteiger partial charge in [-0.2, -0.15) is 0 Å². The molecule has 0 saturated heterocycles. The number of aliphatic hydroxyl groups is 1. The van der Waals surface area contributed by atoms with E-state index < -0.39 is 5.60 Å². The number of hydrogen-bond donors (Lipinski definition) is 2. The van der Waals surface area contributed by atoms with Crippen LogP contribution >= 0.6 is 12.4 Å². The highest BCUT2D eigenvalue weighted by atomic mass is 35.5. The van der Waals surface area contributed by atoms with Crippen molar-refractivity contribution >= 4 is 12.4 Å². The molecule has 0 aromatic rings. The Kier molecular flexibility index (Phi) is 5.88. The lowest BCUT2D eigenvalue weighted by Gasteiger charge is -2.29. The third kappa shape index (κ3) is 3.43. The Labute approximate surface area is 86.1 Å². The maximum atomic E-state index is 9.98. The van der Waals surface area contributed by atoms with Crippen LogP contribution in [0.25, 0.3) is 0 Å². The topological polar surface area (TPSA) is 55.5 Å². The lowest BCUT2D eigenvalue weighted by molar-refractivity contribution is -0.0123. The van der Waals surface area contributed by atoms with Gasteiger partial charge >= 0.3 is 0 Å². The van der Waals surface area contributed by atoms with Gasteiger partial charge in [0, 0.05) is 6.61 Å². The van der Waals surface area contributed by atoms with Crippen LogP contribution in [0.2, 0.25) is 0 Å². The molecule has 1 rings (SSSR count).